The van der Waals surface area contributed by atoms with E-state index >= 15 is 0 Å². The zero-order valence-corrected chi connectivity index (χ0v) is 10.2. The molecular formula is C9H9N5O3S. The summed E-state index contributed by atoms with van der Waals surface area (Å²) in [4.78, 5) is 14.8. The summed E-state index contributed by atoms with van der Waals surface area (Å²) in [5.41, 5.74) is 0. The van der Waals surface area contributed by atoms with Crippen LogP contribution < -0.4 is 4.74 Å². The van der Waals surface area contributed by atoms with Crippen LogP contribution in [0, 0.1) is 0 Å². The zero-order valence-electron chi connectivity index (χ0n) is 9.35. The molecule has 1 N–H and O–H groups in total. The second-order valence-corrected chi connectivity index (χ2v) is 4.08. The van der Waals surface area contributed by atoms with E-state index < -0.39 is 5.97 Å². The Morgan fingerprint density at radius 1 is 1.61 bits per heavy atom. The van der Waals surface area contributed by atoms with Crippen molar-refractivity contribution in [2.75, 3.05) is 7.11 Å². The van der Waals surface area contributed by atoms with Crippen LogP contribution in [0.2, 0.25) is 0 Å². The summed E-state index contributed by atoms with van der Waals surface area (Å²) in [7, 11) is 1.53. The Balaban J connectivity index is 2.23. The van der Waals surface area contributed by atoms with E-state index in [0.29, 0.717) is 15.9 Å². The van der Waals surface area contributed by atoms with Crippen molar-refractivity contribution in [3.05, 3.63) is 18.3 Å². The summed E-state index contributed by atoms with van der Waals surface area (Å²) < 4.78 is 6.32. The van der Waals surface area contributed by atoms with Crippen molar-refractivity contribution in [3.8, 4) is 5.75 Å². The van der Waals surface area contributed by atoms with Crippen molar-refractivity contribution >= 4 is 17.7 Å². The van der Waals surface area contributed by atoms with Gasteiger partial charge in [0, 0.05) is 6.20 Å². The highest BCUT2D eigenvalue weighted by molar-refractivity contribution is 7.99. The number of carbonyl (C=O) groups is 1. The van der Waals surface area contributed by atoms with Crippen molar-refractivity contribution in [2.45, 2.75) is 16.7 Å². The molecule has 0 saturated heterocycles. The third-order valence-electron chi connectivity index (χ3n) is 1.93. The molecule has 0 unspecified atom stereocenters. The first-order valence-corrected chi connectivity index (χ1v) is 5.67. The maximum absolute atomic E-state index is 10.6. The van der Waals surface area contributed by atoms with Crippen LogP contribution in [0.15, 0.2) is 28.5 Å². The first-order valence-electron chi connectivity index (χ1n) is 4.85. The molecule has 2 aromatic heterocycles. The van der Waals surface area contributed by atoms with Crippen molar-refractivity contribution in [3.63, 3.8) is 0 Å². The third-order valence-corrected chi connectivity index (χ3v) is 2.90. The molecule has 0 atom stereocenters. The van der Waals surface area contributed by atoms with Gasteiger partial charge in [0.25, 0.3) is 0 Å². The number of methoxy groups -OCH3 is 1. The molecule has 9 heteroatoms. The minimum Gasteiger partial charge on any atom is -0.494 e. The Bertz CT molecular complexity index is 559. The number of hydrogen-bond acceptors (Lipinski definition) is 7. The van der Waals surface area contributed by atoms with E-state index in [2.05, 4.69) is 20.5 Å². The number of aromatic nitrogens is 5. The number of tetrazole rings is 1. The standard InChI is InChI=1S/C9H9N5O3S/c1-17-6-3-2-4-10-8(6)18-9-11-12-13-14(9)5-7(15)16/h2-4H,5H2,1H3,(H,15,16). The van der Waals surface area contributed by atoms with Crippen molar-refractivity contribution < 1.29 is 14.6 Å². The van der Waals surface area contributed by atoms with Crippen LogP contribution in [0.5, 0.6) is 5.75 Å². The maximum atomic E-state index is 10.6. The molecule has 0 aromatic carbocycles. The highest BCUT2D eigenvalue weighted by atomic mass is 32.2. The van der Waals surface area contributed by atoms with Gasteiger partial charge >= 0.3 is 5.97 Å². The monoisotopic (exact) mass is 267 g/mol. The highest BCUT2D eigenvalue weighted by Gasteiger charge is 2.14. The molecule has 8 nitrogen and oxygen atoms in total. The minimum absolute atomic E-state index is 0.301. The molecule has 0 aliphatic heterocycles. The van der Waals surface area contributed by atoms with E-state index in [9.17, 15) is 4.79 Å². The van der Waals surface area contributed by atoms with Gasteiger partial charge in [0.15, 0.2) is 5.75 Å². The number of aliphatic carboxylic acids is 1. The fourth-order valence-electron chi connectivity index (χ4n) is 1.19. The average Bonchev–Trinajstić information content (AvgIpc) is 2.76. The first kappa shape index (κ1) is 12.3. The normalized spacial score (nSPS) is 10.3. The van der Waals surface area contributed by atoms with Crippen LogP contribution in [0.3, 0.4) is 0 Å². The summed E-state index contributed by atoms with van der Waals surface area (Å²) in [6.07, 6.45) is 1.61. The topological polar surface area (TPSA) is 103 Å². The number of carboxylic acids is 1. The highest BCUT2D eigenvalue weighted by Crippen LogP contribution is 2.30. The Kier molecular flexibility index (Phi) is 3.72. The van der Waals surface area contributed by atoms with Crippen LogP contribution in [0.1, 0.15) is 0 Å². The van der Waals surface area contributed by atoms with Gasteiger partial charge in [-0.2, -0.15) is 0 Å². The lowest BCUT2D eigenvalue weighted by Crippen LogP contribution is -2.11. The molecule has 2 aromatic rings. The average molecular weight is 267 g/mol. The SMILES string of the molecule is COc1cccnc1Sc1nnnn1CC(=O)O. The van der Waals surface area contributed by atoms with Crippen molar-refractivity contribution in [1.29, 1.82) is 0 Å². The van der Waals surface area contributed by atoms with Crippen LogP contribution in [-0.4, -0.2) is 43.4 Å². The van der Waals surface area contributed by atoms with Gasteiger partial charge in [0.2, 0.25) is 5.16 Å². The number of pyridine rings is 1. The molecule has 2 heterocycles. The fraction of sp³-hybridized carbons (Fsp3) is 0.222. The molecule has 0 radical (unpaired) electrons. The molecule has 18 heavy (non-hydrogen) atoms. The molecule has 0 saturated carbocycles. The lowest BCUT2D eigenvalue weighted by Gasteiger charge is -2.05. The van der Waals surface area contributed by atoms with Gasteiger partial charge in [-0.25, -0.2) is 9.67 Å². The third kappa shape index (κ3) is 2.74. The molecular weight excluding hydrogens is 258 g/mol. The Hall–Kier alpha value is -2.16. The summed E-state index contributed by atoms with van der Waals surface area (Å²) in [6, 6.07) is 3.49. The maximum Gasteiger partial charge on any atom is 0.325 e. The van der Waals surface area contributed by atoms with Crippen LogP contribution in [0.4, 0.5) is 0 Å². The van der Waals surface area contributed by atoms with Crippen molar-refractivity contribution in [2.24, 2.45) is 0 Å². The second kappa shape index (κ2) is 5.45. The van der Waals surface area contributed by atoms with Crippen molar-refractivity contribution in [1.82, 2.24) is 25.2 Å². The zero-order chi connectivity index (χ0) is 13.0. The minimum atomic E-state index is -1.02. The fourth-order valence-corrected chi connectivity index (χ4v) is 2.01. The Morgan fingerprint density at radius 2 is 2.44 bits per heavy atom. The number of carboxylic acid groups (broad SMARTS) is 1. The van der Waals surface area contributed by atoms with E-state index in [1.807, 2.05) is 0 Å². The molecule has 0 aliphatic rings. The van der Waals surface area contributed by atoms with Gasteiger partial charge in [0.05, 0.1) is 7.11 Å². The van der Waals surface area contributed by atoms with E-state index in [1.54, 1.807) is 18.3 Å². The molecule has 0 amide bonds. The van der Waals surface area contributed by atoms with Gasteiger partial charge in [-0.1, -0.05) is 0 Å². The molecule has 0 bridgehead atoms. The van der Waals surface area contributed by atoms with E-state index in [4.69, 9.17) is 9.84 Å². The van der Waals surface area contributed by atoms with Crippen LogP contribution >= 0.6 is 11.8 Å². The number of hydrogen-bond donors (Lipinski definition) is 1. The Morgan fingerprint density at radius 3 is 3.17 bits per heavy atom. The van der Waals surface area contributed by atoms with E-state index in [-0.39, 0.29) is 6.54 Å². The quantitative estimate of drug-likeness (QED) is 0.825. The van der Waals surface area contributed by atoms with E-state index in [0.717, 1.165) is 11.8 Å². The van der Waals surface area contributed by atoms with E-state index in [1.165, 1.54) is 11.8 Å². The van der Waals surface area contributed by atoms with Gasteiger partial charge in [-0.05, 0) is 34.3 Å². The predicted octanol–water partition coefficient (Wildman–Crippen LogP) is 0.312. The molecule has 0 spiro atoms. The van der Waals surface area contributed by atoms with Gasteiger partial charge in [-0.3, -0.25) is 4.79 Å². The summed E-state index contributed by atoms with van der Waals surface area (Å²) in [5, 5.41) is 20.4. The lowest BCUT2D eigenvalue weighted by atomic mass is 10.5. The molecule has 94 valence electrons. The Labute approximate surface area is 106 Å². The summed E-state index contributed by atoms with van der Waals surface area (Å²) >= 11 is 1.14. The number of ether oxygens (including phenoxy) is 1. The lowest BCUT2D eigenvalue weighted by molar-refractivity contribution is -0.138. The number of rotatable bonds is 5. The largest absolute Gasteiger partial charge is 0.494 e. The smallest absolute Gasteiger partial charge is 0.325 e. The van der Waals surface area contributed by atoms with Crippen LogP contribution in [0.25, 0.3) is 0 Å². The number of nitrogens with zero attached hydrogens (tertiary/aromatic N) is 5. The van der Waals surface area contributed by atoms with Gasteiger partial charge in [0.1, 0.15) is 11.6 Å². The molecule has 0 aliphatic carbocycles. The van der Waals surface area contributed by atoms with Gasteiger partial charge in [-0.15, -0.1) is 5.10 Å². The van der Waals surface area contributed by atoms with Gasteiger partial charge < -0.3 is 9.84 Å². The molecule has 0 fully saturated rings. The second-order valence-electron chi connectivity index (χ2n) is 3.13. The molecule has 2 rings (SSSR count). The summed E-state index contributed by atoms with van der Waals surface area (Å²) in [5.74, 6) is -0.440. The summed E-state index contributed by atoms with van der Waals surface area (Å²) in [6.45, 7) is -0.301. The first-order chi connectivity index (χ1) is 8.70. The van der Waals surface area contributed by atoms with Crippen LogP contribution in [-0.2, 0) is 11.3 Å². The predicted molar refractivity (Wildman–Crippen MR) is 60.4 cm³/mol.